The third-order valence-corrected chi connectivity index (χ3v) is 5.26. The van der Waals surface area contributed by atoms with Gasteiger partial charge >= 0.3 is 0 Å². The van der Waals surface area contributed by atoms with Gasteiger partial charge in [-0.25, -0.2) is 0 Å². The minimum atomic E-state index is -0.226. The fraction of sp³-hybridized carbons (Fsp3) is 0.286. The molecule has 1 N–H and O–H groups in total. The van der Waals surface area contributed by atoms with Crippen molar-refractivity contribution in [2.45, 2.75) is 25.7 Å². The molecule has 2 aliphatic rings. The number of carbonyl (C=O) groups excluding carboxylic acids is 3. The van der Waals surface area contributed by atoms with Gasteiger partial charge in [0, 0.05) is 11.3 Å². The molecule has 1 heterocycles. The predicted molar refractivity (Wildman–Crippen MR) is 98.8 cm³/mol. The molecule has 2 fully saturated rings. The van der Waals surface area contributed by atoms with Crippen LogP contribution in [0.15, 0.2) is 54.6 Å². The van der Waals surface area contributed by atoms with Crippen LogP contribution in [0.1, 0.15) is 36.0 Å². The fourth-order valence-corrected chi connectivity index (χ4v) is 3.90. The van der Waals surface area contributed by atoms with E-state index in [1.807, 2.05) is 30.3 Å². The van der Waals surface area contributed by atoms with Gasteiger partial charge in [0.15, 0.2) is 0 Å². The summed E-state index contributed by atoms with van der Waals surface area (Å²) in [7, 11) is 0. The lowest BCUT2D eigenvalue weighted by Crippen LogP contribution is -2.30. The zero-order valence-corrected chi connectivity index (χ0v) is 14.4. The Morgan fingerprint density at radius 1 is 0.846 bits per heavy atom. The molecule has 2 aromatic rings. The minimum Gasteiger partial charge on any atom is -0.322 e. The molecule has 4 rings (SSSR count). The van der Waals surface area contributed by atoms with E-state index in [9.17, 15) is 14.4 Å². The molecule has 2 aromatic carbocycles. The fourth-order valence-electron chi connectivity index (χ4n) is 3.90. The number of fused-ring (bicyclic) bond motifs is 1. The average Bonchev–Trinajstić information content (AvgIpc) is 2.94. The maximum Gasteiger partial charge on any atom is 0.255 e. The number of imide groups is 1. The molecular weight excluding hydrogens is 328 g/mol. The Kier molecular flexibility index (Phi) is 4.29. The Bertz CT molecular complexity index is 821. The Balaban J connectivity index is 1.52. The summed E-state index contributed by atoms with van der Waals surface area (Å²) in [6.07, 6.45) is 3.60. The lowest BCUT2D eigenvalue weighted by Gasteiger charge is -2.19. The summed E-state index contributed by atoms with van der Waals surface area (Å²) < 4.78 is 0. The van der Waals surface area contributed by atoms with Crippen molar-refractivity contribution < 1.29 is 14.4 Å². The first-order valence-electron chi connectivity index (χ1n) is 8.99. The Morgan fingerprint density at radius 2 is 1.42 bits per heavy atom. The number of benzene rings is 2. The number of hydrogen-bond acceptors (Lipinski definition) is 3. The van der Waals surface area contributed by atoms with Crippen LogP contribution in [0.3, 0.4) is 0 Å². The van der Waals surface area contributed by atoms with Crippen LogP contribution in [0.5, 0.6) is 0 Å². The maximum absolute atomic E-state index is 12.6. The summed E-state index contributed by atoms with van der Waals surface area (Å²) in [4.78, 5) is 38.9. The molecule has 0 radical (unpaired) electrons. The van der Waals surface area contributed by atoms with Crippen molar-refractivity contribution in [2.24, 2.45) is 11.8 Å². The topological polar surface area (TPSA) is 66.5 Å². The lowest BCUT2D eigenvalue weighted by atomic mass is 9.81. The van der Waals surface area contributed by atoms with E-state index < -0.39 is 0 Å². The van der Waals surface area contributed by atoms with Gasteiger partial charge in [-0.05, 0) is 49.2 Å². The van der Waals surface area contributed by atoms with Gasteiger partial charge in [0.2, 0.25) is 11.8 Å². The molecule has 5 nitrogen and oxygen atoms in total. The van der Waals surface area contributed by atoms with Crippen LogP contribution >= 0.6 is 0 Å². The van der Waals surface area contributed by atoms with E-state index in [2.05, 4.69) is 5.32 Å². The van der Waals surface area contributed by atoms with E-state index in [-0.39, 0.29) is 29.6 Å². The minimum absolute atomic E-state index is 0.0961. The molecule has 26 heavy (non-hydrogen) atoms. The summed E-state index contributed by atoms with van der Waals surface area (Å²) in [6, 6.07) is 15.9. The van der Waals surface area contributed by atoms with Crippen molar-refractivity contribution in [3.8, 4) is 0 Å². The SMILES string of the molecule is O=C(Nc1ccccc1)c1ccc(N2C(=O)C3CCCCC3C2=O)cc1. The maximum atomic E-state index is 12.6. The Labute approximate surface area is 152 Å². The van der Waals surface area contributed by atoms with Crippen LogP contribution in [0, 0.1) is 11.8 Å². The van der Waals surface area contributed by atoms with Crippen molar-refractivity contribution >= 4 is 29.1 Å². The molecule has 0 aromatic heterocycles. The molecule has 1 saturated carbocycles. The first kappa shape index (κ1) is 16.5. The van der Waals surface area contributed by atoms with Gasteiger partial charge in [-0.2, -0.15) is 0 Å². The highest BCUT2D eigenvalue weighted by atomic mass is 16.2. The van der Waals surface area contributed by atoms with Crippen LogP contribution in [0.4, 0.5) is 11.4 Å². The standard InChI is InChI=1S/C21H20N2O3/c24-19(22-15-6-2-1-3-7-15)14-10-12-16(13-11-14)23-20(25)17-8-4-5-9-18(17)21(23)26/h1-3,6-7,10-13,17-18H,4-5,8-9H2,(H,22,24). The van der Waals surface area contributed by atoms with Crippen molar-refractivity contribution in [3.63, 3.8) is 0 Å². The Hall–Kier alpha value is -2.95. The molecular formula is C21H20N2O3. The van der Waals surface area contributed by atoms with Crippen LogP contribution in [0.2, 0.25) is 0 Å². The molecule has 0 bridgehead atoms. The second-order valence-electron chi connectivity index (χ2n) is 6.88. The molecule has 3 amide bonds. The molecule has 132 valence electrons. The van der Waals surface area contributed by atoms with Crippen molar-refractivity contribution in [1.29, 1.82) is 0 Å². The Morgan fingerprint density at radius 3 is 2.00 bits per heavy atom. The first-order chi connectivity index (χ1) is 12.6. The lowest BCUT2D eigenvalue weighted by molar-refractivity contribution is -0.122. The second-order valence-corrected chi connectivity index (χ2v) is 6.88. The van der Waals surface area contributed by atoms with Crippen LogP contribution in [-0.4, -0.2) is 17.7 Å². The smallest absolute Gasteiger partial charge is 0.255 e. The third kappa shape index (κ3) is 2.90. The zero-order chi connectivity index (χ0) is 18.1. The van der Waals surface area contributed by atoms with Crippen LogP contribution in [0.25, 0.3) is 0 Å². The first-order valence-corrected chi connectivity index (χ1v) is 8.99. The number of carbonyl (C=O) groups is 3. The summed E-state index contributed by atoms with van der Waals surface area (Å²) >= 11 is 0. The van der Waals surface area contributed by atoms with E-state index in [0.717, 1.165) is 31.4 Å². The molecule has 2 unspecified atom stereocenters. The second kappa shape index (κ2) is 6.75. The van der Waals surface area contributed by atoms with Crippen molar-refractivity contribution in [3.05, 3.63) is 60.2 Å². The molecule has 1 aliphatic carbocycles. The van der Waals surface area contributed by atoms with Crippen molar-refractivity contribution in [1.82, 2.24) is 0 Å². The number of amides is 3. The number of nitrogens with one attached hydrogen (secondary N) is 1. The normalized spacial score (nSPS) is 22.2. The highest BCUT2D eigenvalue weighted by Gasteiger charge is 2.48. The quantitative estimate of drug-likeness (QED) is 0.862. The summed E-state index contributed by atoms with van der Waals surface area (Å²) in [6.45, 7) is 0. The van der Waals surface area contributed by atoms with Gasteiger partial charge in [-0.3, -0.25) is 19.3 Å². The van der Waals surface area contributed by atoms with E-state index in [0.29, 0.717) is 11.3 Å². The number of para-hydroxylation sites is 1. The van der Waals surface area contributed by atoms with Crippen LogP contribution < -0.4 is 10.2 Å². The van der Waals surface area contributed by atoms with Gasteiger partial charge < -0.3 is 5.32 Å². The van der Waals surface area contributed by atoms with Gasteiger partial charge in [-0.15, -0.1) is 0 Å². The van der Waals surface area contributed by atoms with Gasteiger partial charge in [0.1, 0.15) is 0 Å². The number of rotatable bonds is 3. The van der Waals surface area contributed by atoms with E-state index in [4.69, 9.17) is 0 Å². The van der Waals surface area contributed by atoms with Crippen LogP contribution in [-0.2, 0) is 9.59 Å². The largest absolute Gasteiger partial charge is 0.322 e. The molecule has 1 aliphatic heterocycles. The summed E-state index contributed by atoms with van der Waals surface area (Å²) in [5.41, 5.74) is 1.75. The highest BCUT2D eigenvalue weighted by Crippen LogP contribution is 2.40. The van der Waals surface area contributed by atoms with Crippen molar-refractivity contribution in [2.75, 3.05) is 10.2 Å². The van der Waals surface area contributed by atoms with Gasteiger partial charge in [-0.1, -0.05) is 31.0 Å². The molecule has 2 atom stereocenters. The van der Waals surface area contributed by atoms with E-state index >= 15 is 0 Å². The molecule has 0 spiro atoms. The number of hydrogen-bond donors (Lipinski definition) is 1. The number of nitrogens with zero attached hydrogens (tertiary/aromatic N) is 1. The zero-order valence-electron chi connectivity index (χ0n) is 14.4. The monoisotopic (exact) mass is 348 g/mol. The molecule has 5 heteroatoms. The summed E-state index contributed by atoms with van der Waals surface area (Å²) in [5, 5.41) is 2.82. The average molecular weight is 348 g/mol. The van der Waals surface area contributed by atoms with E-state index in [1.165, 1.54) is 4.90 Å². The number of anilines is 2. The van der Waals surface area contributed by atoms with E-state index in [1.54, 1.807) is 24.3 Å². The predicted octanol–water partition coefficient (Wildman–Crippen LogP) is 3.62. The highest BCUT2D eigenvalue weighted by molar-refractivity contribution is 6.22. The van der Waals surface area contributed by atoms with Gasteiger partial charge in [0.05, 0.1) is 17.5 Å². The third-order valence-electron chi connectivity index (χ3n) is 5.26. The molecule has 1 saturated heterocycles. The van der Waals surface area contributed by atoms with Gasteiger partial charge in [0.25, 0.3) is 5.91 Å². The summed E-state index contributed by atoms with van der Waals surface area (Å²) in [5.74, 6) is -0.757.